The lowest BCUT2D eigenvalue weighted by molar-refractivity contribution is 0.0240. The molecule has 0 radical (unpaired) electrons. The molecule has 186 valence electrons. The number of anilines is 1. The van der Waals surface area contributed by atoms with Gasteiger partial charge in [-0.15, -0.1) is 0 Å². The van der Waals surface area contributed by atoms with Crippen LogP contribution in [0.4, 0.5) is 10.5 Å². The van der Waals surface area contributed by atoms with Crippen molar-refractivity contribution in [1.82, 2.24) is 19.8 Å². The normalized spacial score (nSPS) is 24.3. The molecule has 2 heterocycles. The van der Waals surface area contributed by atoms with Gasteiger partial charge >= 0.3 is 6.03 Å². The SMILES string of the molecule is COCCCN1C(=O)N(c2cnc(C#N)nc2OC)C[C@]12CC[C@@](c1ccccc1)(N(C)C)CC2. The Kier molecular flexibility index (Phi) is 7.24. The highest BCUT2D eigenvalue weighted by molar-refractivity contribution is 5.96. The number of benzene rings is 1. The van der Waals surface area contributed by atoms with Crippen molar-refractivity contribution in [3.05, 3.63) is 47.9 Å². The number of methoxy groups -OCH3 is 2. The molecule has 4 rings (SSSR count). The van der Waals surface area contributed by atoms with E-state index in [1.165, 1.54) is 18.9 Å². The van der Waals surface area contributed by atoms with E-state index in [-0.39, 0.29) is 28.8 Å². The number of rotatable bonds is 8. The third kappa shape index (κ3) is 4.44. The van der Waals surface area contributed by atoms with Crippen LogP contribution in [0.1, 0.15) is 43.5 Å². The van der Waals surface area contributed by atoms with Gasteiger partial charge in [0, 0.05) is 25.8 Å². The summed E-state index contributed by atoms with van der Waals surface area (Å²) in [7, 11) is 7.46. The fourth-order valence-corrected chi connectivity index (χ4v) is 5.73. The Balaban J connectivity index is 1.67. The van der Waals surface area contributed by atoms with Gasteiger partial charge in [-0.05, 0) is 51.8 Å². The van der Waals surface area contributed by atoms with Crippen LogP contribution in [0.2, 0.25) is 0 Å². The smallest absolute Gasteiger partial charge is 0.325 e. The third-order valence-electron chi connectivity index (χ3n) is 7.71. The molecular formula is C26H34N6O3. The van der Waals surface area contributed by atoms with Gasteiger partial charge in [0.05, 0.1) is 25.4 Å². The van der Waals surface area contributed by atoms with E-state index < -0.39 is 0 Å². The van der Waals surface area contributed by atoms with E-state index >= 15 is 0 Å². The zero-order valence-corrected chi connectivity index (χ0v) is 21.0. The average Bonchev–Trinajstić information content (AvgIpc) is 3.15. The lowest BCUT2D eigenvalue weighted by Gasteiger charge is -2.51. The topological polar surface area (TPSA) is 94.8 Å². The summed E-state index contributed by atoms with van der Waals surface area (Å²) in [5, 5.41) is 9.18. The van der Waals surface area contributed by atoms with Crippen molar-refractivity contribution in [2.45, 2.75) is 43.2 Å². The van der Waals surface area contributed by atoms with Gasteiger partial charge in [-0.1, -0.05) is 30.3 Å². The highest BCUT2D eigenvalue weighted by atomic mass is 16.5. The molecule has 2 fully saturated rings. The Morgan fingerprint density at radius 3 is 2.46 bits per heavy atom. The van der Waals surface area contributed by atoms with E-state index in [2.05, 4.69) is 59.3 Å². The first-order valence-electron chi connectivity index (χ1n) is 12.0. The first-order valence-corrected chi connectivity index (χ1v) is 12.0. The van der Waals surface area contributed by atoms with Crippen molar-refractivity contribution in [2.75, 3.05) is 52.9 Å². The van der Waals surface area contributed by atoms with Gasteiger partial charge in [0.25, 0.3) is 0 Å². The maximum atomic E-state index is 13.8. The van der Waals surface area contributed by atoms with Crippen LogP contribution >= 0.6 is 0 Å². The second-order valence-corrected chi connectivity index (χ2v) is 9.58. The molecule has 2 aromatic rings. The van der Waals surface area contributed by atoms with E-state index in [1.54, 1.807) is 12.0 Å². The number of hydrogen-bond acceptors (Lipinski definition) is 7. The maximum Gasteiger partial charge on any atom is 0.325 e. The number of carbonyl (C=O) groups excluding carboxylic acids is 1. The van der Waals surface area contributed by atoms with E-state index in [0.29, 0.717) is 25.4 Å². The Morgan fingerprint density at radius 1 is 1.14 bits per heavy atom. The van der Waals surface area contributed by atoms with Crippen LogP contribution in [0.3, 0.4) is 0 Å². The first-order chi connectivity index (χ1) is 16.9. The lowest BCUT2D eigenvalue weighted by atomic mass is 9.68. The summed E-state index contributed by atoms with van der Waals surface area (Å²) in [5.74, 6) is 0.252. The van der Waals surface area contributed by atoms with Gasteiger partial charge in [0.1, 0.15) is 11.8 Å². The van der Waals surface area contributed by atoms with Crippen molar-refractivity contribution in [3.8, 4) is 11.9 Å². The van der Waals surface area contributed by atoms with Crippen molar-refractivity contribution in [1.29, 1.82) is 5.26 Å². The van der Waals surface area contributed by atoms with Gasteiger partial charge in [-0.3, -0.25) is 9.80 Å². The number of hydrogen-bond donors (Lipinski definition) is 0. The fraction of sp³-hybridized carbons (Fsp3) is 0.538. The van der Waals surface area contributed by atoms with Crippen LogP contribution < -0.4 is 9.64 Å². The Hall–Kier alpha value is -3.22. The summed E-state index contributed by atoms with van der Waals surface area (Å²) < 4.78 is 10.7. The molecule has 1 saturated heterocycles. The molecule has 1 aromatic carbocycles. The number of carbonyl (C=O) groups is 1. The van der Waals surface area contributed by atoms with E-state index in [1.807, 2.05) is 11.0 Å². The molecule has 0 unspecified atom stereocenters. The molecule has 9 nitrogen and oxygen atoms in total. The number of nitrogens with zero attached hydrogens (tertiary/aromatic N) is 6. The summed E-state index contributed by atoms with van der Waals surface area (Å²) >= 11 is 0. The molecule has 1 saturated carbocycles. The largest absolute Gasteiger partial charge is 0.479 e. The number of ether oxygens (including phenoxy) is 2. The average molecular weight is 479 g/mol. The zero-order valence-electron chi connectivity index (χ0n) is 21.0. The van der Waals surface area contributed by atoms with Crippen molar-refractivity contribution in [3.63, 3.8) is 0 Å². The van der Waals surface area contributed by atoms with Gasteiger partial charge in [-0.25, -0.2) is 9.78 Å². The van der Waals surface area contributed by atoms with Gasteiger partial charge in [0.2, 0.25) is 11.7 Å². The number of amides is 2. The van der Waals surface area contributed by atoms with Crippen LogP contribution in [-0.4, -0.2) is 79.3 Å². The highest BCUT2D eigenvalue weighted by Crippen LogP contribution is 2.50. The second-order valence-electron chi connectivity index (χ2n) is 9.58. The van der Waals surface area contributed by atoms with Crippen LogP contribution in [0.15, 0.2) is 36.5 Å². The maximum absolute atomic E-state index is 13.8. The summed E-state index contributed by atoms with van der Waals surface area (Å²) in [6.45, 7) is 1.74. The minimum atomic E-state index is -0.308. The predicted octanol–water partition coefficient (Wildman–Crippen LogP) is 3.41. The predicted molar refractivity (Wildman–Crippen MR) is 132 cm³/mol. The van der Waals surface area contributed by atoms with Crippen LogP contribution in [0.25, 0.3) is 0 Å². The molecule has 35 heavy (non-hydrogen) atoms. The van der Waals surface area contributed by atoms with E-state index in [9.17, 15) is 10.1 Å². The molecule has 1 aromatic heterocycles. The van der Waals surface area contributed by atoms with Gasteiger partial charge in [0.15, 0.2) is 0 Å². The number of aromatic nitrogens is 2. The minimum Gasteiger partial charge on any atom is -0.479 e. The standard InChI is InChI=1S/C26H34N6O3/c1-30(2)26(20-9-6-5-7-10-20)13-11-25(12-14-26)19-31(24(33)32(25)15-8-16-34-3)21-18-28-22(17-27)29-23(21)35-4/h5-7,9-10,18H,8,11-16,19H2,1-4H3/t25-,26-. The minimum absolute atomic E-state index is 0.0141. The highest BCUT2D eigenvalue weighted by Gasteiger charge is 2.55. The summed E-state index contributed by atoms with van der Waals surface area (Å²) in [5.41, 5.74) is 1.43. The molecule has 1 aliphatic heterocycles. The second kappa shape index (κ2) is 10.2. The van der Waals surface area contributed by atoms with E-state index in [0.717, 1.165) is 32.1 Å². The fourth-order valence-electron chi connectivity index (χ4n) is 5.73. The van der Waals surface area contributed by atoms with Gasteiger partial charge in [-0.2, -0.15) is 10.2 Å². The molecule has 0 atom stereocenters. The van der Waals surface area contributed by atoms with Crippen LogP contribution in [0, 0.1) is 11.3 Å². The molecule has 9 heteroatoms. The quantitative estimate of drug-likeness (QED) is 0.537. The number of urea groups is 1. The third-order valence-corrected chi connectivity index (χ3v) is 7.71. The summed E-state index contributed by atoms with van der Waals surface area (Å²) in [4.78, 5) is 28.1. The number of nitriles is 1. The zero-order chi connectivity index (χ0) is 25.1. The van der Waals surface area contributed by atoms with Crippen molar-refractivity contribution in [2.24, 2.45) is 0 Å². The molecule has 0 bridgehead atoms. The molecule has 0 N–H and O–H groups in total. The van der Waals surface area contributed by atoms with E-state index in [4.69, 9.17) is 9.47 Å². The molecule has 1 aliphatic carbocycles. The summed E-state index contributed by atoms with van der Waals surface area (Å²) in [6, 6.07) is 12.5. The monoisotopic (exact) mass is 478 g/mol. The van der Waals surface area contributed by atoms with Crippen molar-refractivity contribution >= 4 is 11.7 Å². The Bertz CT molecular complexity index is 1080. The lowest BCUT2D eigenvalue weighted by Crippen LogP contribution is -2.55. The van der Waals surface area contributed by atoms with Crippen LogP contribution in [-0.2, 0) is 10.3 Å². The Labute approximate surface area is 207 Å². The van der Waals surface area contributed by atoms with Gasteiger partial charge < -0.3 is 14.4 Å². The first kappa shape index (κ1) is 24.9. The molecule has 2 aliphatic rings. The van der Waals surface area contributed by atoms with Crippen LogP contribution in [0.5, 0.6) is 5.88 Å². The van der Waals surface area contributed by atoms with Crippen molar-refractivity contribution < 1.29 is 14.3 Å². The molecular weight excluding hydrogens is 444 g/mol. The molecule has 2 amide bonds. The summed E-state index contributed by atoms with van der Waals surface area (Å²) in [6.07, 6.45) is 5.89. The molecule has 1 spiro atoms. The Morgan fingerprint density at radius 2 is 1.86 bits per heavy atom.